The molecule has 0 aliphatic carbocycles. The van der Waals surface area contributed by atoms with Crippen LogP contribution in [-0.4, -0.2) is 17.1 Å². The van der Waals surface area contributed by atoms with E-state index in [1.54, 1.807) is 13.3 Å². The number of halogens is 2. The van der Waals surface area contributed by atoms with Crippen LogP contribution in [0.15, 0.2) is 34.9 Å². The molecule has 0 saturated heterocycles. The molecule has 0 radical (unpaired) electrons. The molecule has 0 saturated carbocycles. The first-order valence-electron chi connectivity index (χ1n) is 4.99. The van der Waals surface area contributed by atoms with Gasteiger partial charge in [0.2, 0.25) is 0 Å². The van der Waals surface area contributed by atoms with Gasteiger partial charge < -0.3 is 4.74 Å². The number of aromatic nitrogens is 2. The molecule has 5 heteroatoms. The third-order valence-electron chi connectivity index (χ3n) is 2.25. The molecule has 1 aromatic heterocycles. The van der Waals surface area contributed by atoms with Gasteiger partial charge in [-0.25, -0.2) is 9.97 Å². The van der Waals surface area contributed by atoms with Crippen molar-refractivity contribution in [2.75, 3.05) is 7.11 Å². The van der Waals surface area contributed by atoms with Crippen LogP contribution in [0.4, 0.5) is 0 Å². The fourth-order valence-corrected chi connectivity index (χ4v) is 1.77. The monoisotopic (exact) mass is 312 g/mol. The van der Waals surface area contributed by atoms with Gasteiger partial charge >= 0.3 is 0 Å². The second-order valence-corrected chi connectivity index (χ2v) is 4.67. The quantitative estimate of drug-likeness (QED) is 0.814. The molecule has 0 aliphatic rings. The minimum absolute atomic E-state index is 0.429. The summed E-state index contributed by atoms with van der Waals surface area (Å²) in [7, 11) is 1.64. The average molecular weight is 314 g/mol. The van der Waals surface area contributed by atoms with Crippen LogP contribution in [0, 0.1) is 0 Å². The predicted molar refractivity (Wildman–Crippen MR) is 70.5 cm³/mol. The number of nitrogens with zero attached hydrogens (tertiary/aromatic N) is 2. The number of hydrogen-bond acceptors (Lipinski definition) is 3. The van der Waals surface area contributed by atoms with Gasteiger partial charge in [0.15, 0.2) is 0 Å². The Labute approximate surface area is 113 Å². The second-order valence-electron chi connectivity index (χ2n) is 3.45. The van der Waals surface area contributed by atoms with Crippen LogP contribution in [0.2, 0.25) is 5.15 Å². The molecule has 2 rings (SSSR count). The van der Waals surface area contributed by atoms with Crippen LogP contribution in [0.3, 0.4) is 0 Å². The molecule has 0 N–H and O–H groups in total. The van der Waals surface area contributed by atoms with E-state index in [-0.39, 0.29) is 0 Å². The average Bonchev–Trinajstić information content (AvgIpc) is 2.34. The van der Waals surface area contributed by atoms with Crippen molar-refractivity contribution in [3.8, 4) is 5.75 Å². The first kappa shape index (κ1) is 12.3. The Morgan fingerprint density at radius 2 is 2.24 bits per heavy atom. The molecule has 1 heterocycles. The number of benzene rings is 1. The fraction of sp³-hybridized carbons (Fsp3) is 0.167. The zero-order valence-corrected chi connectivity index (χ0v) is 11.5. The lowest BCUT2D eigenvalue weighted by atomic mass is 10.1. The summed E-state index contributed by atoms with van der Waals surface area (Å²) in [6.45, 7) is 0. The fourth-order valence-electron chi connectivity index (χ4n) is 1.43. The summed E-state index contributed by atoms with van der Waals surface area (Å²) in [6.07, 6.45) is 2.29. The zero-order valence-electron chi connectivity index (χ0n) is 9.15. The maximum absolute atomic E-state index is 5.92. The standard InChI is InChI=1S/C12H10BrClN2O/c1-17-9-4-2-3-8(5-9)6-11-15-7-10(13)12(14)16-11/h2-5,7H,6H2,1H3. The van der Waals surface area contributed by atoms with Crippen molar-refractivity contribution in [2.45, 2.75) is 6.42 Å². The smallest absolute Gasteiger partial charge is 0.146 e. The highest BCUT2D eigenvalue weighted by atomic mass is 79.9. The Bertz CT molecular complexity index is 534. The molecular weight excluding hydrogens is 304 g/mol. The van der Waals surface area contributed by atoms with Gasteiger partial charge in [0, 0.05) is 12.6 Å². The van der Waals surface area contributed by atoms with Gasteiger partial charge in [-0.05, 0) is 33.6 Å². The van der Waals surface area contributed by atoms with E-state index < -0.39 is 0 Å². The molecule has 17 heavy (non-hydrogen) atoms. The van der Waals surface area contributed by atoms with Crippen LogP contribution in [0.25, 0.3) is 0 Å². The third kappa shape index (κ3) is 3.17. The first-order chi connectivity index (χ1) is 8.19. The molecule has 3 nitrogen and oxygen atoms in total. The van der Waals surface area contributed by atoms with E-state index >= 15 is 0 Å². The Kier molecular flexibility index (Phi) is 3.97. The van der Waals surface area contributed by atoms with Crippen molar-refractivity contribution in [1.82, 2.24) is 9.97 Å². The van der Waals surface area contributed by atoms with E-state index in [1.807, 2.05) is 24.3 Å². The molecule has 0 atom stereocenters. The Hall–Kier alpha value is -1.13. The highest BCUT2D eigenvalue weighted by Crippen LogP contribution is 2.20. The summed E-state index contributed by atoms with van der Waals surface area (Å²) < 4.78 is 5.86. The Balaban J connectivity index is 2.22. The van der Waals surface area contributed by atoms with Gasteiger partial charge in [0.05, 0.1) is 11.6 Å². The van der Waals surface area contributed by atoms with Crippen LogP contribution in [-0.2, 0) is 6.42 Å². The number of ether oxygens (including phenoxy) is 1. The van der Waals surface area contributed by atoms with Gasteiger partial charge in [0.1, 0.15) is 16.7 Å². The molecule has 0 amide bonds. The number of rotatable bonds is 3. The first-order valence-corrected chi connectivity index (χ1v) is 6.16. The van der Waals surface area contributed by atoms with Crippen LogP contribution in [0.1, 0.15) is 11.4 Å². The highest BCUT2D eigenvalue weighted by molar-refractivity contribution is 9.10. The van der Waals surface area contributed by atoms with Crippen molar-refractivity contribution < 1.29 is 4.74 Å². The summed E-state index contributed by atoms with van der Waals surface area (Å²) in [5.41, 5.74) is 1.09. The van der Waals surface area contributed by atoms with Gasteiger partial charge in [-0.3, -0.25) is 0 Å². The third-order valence-corrected chi connectivity index (χ3v) is 3.34. The predicted octanol–water partition coefficient (Wildman–Crippen LogP) is 3.49. The molecule has 0 fully saturated rings. The van der Waals surface area contributed by atoms with E-state index in [4.69, 9.17) is 16.3 Å². The maximum Gasteiger partial charge on any atom is 0.146 e. The maximum atomic E-state index is 5.92. The lowest BCUT2D eigenvalue weighted by Gasteiger charge is -2.04. The van der Waals surface area contributed by atoms with E-state index in [1.165, 1.54) is 0 Å². The number of hydrogen-bond donors (Lipinski definition) is 0. The van der Waals surface area contributed by atoms with E-state index in [0.717, 1.165) is 11.3 Å². The van der Waals surface area contributed by atoms with Gasteiger partial charge in [-0.1, -0.05) is 23.7 Å². The molecule has 0 bridgehead atoms. The molecule has 0 unspecified atom stereocenters. The van der Waals surface area contributed by atoms with E-state index in [2.05, 4.69) is 25.9 Å². The zero-order chi connectivity index (χ0) is 12.3. The molecule has 1 aromatic carbocycles. The lowest BCUT2D eigenvalue weighted by molar-refractivity contribution is 0.414. The minimum atomic E-state index is 0.429. The van der Waals surface area contributed by atoms with Gasteiger partial charge in [0.25, 0.3) is 0 Å². The summed E-state index contributed by atoms with van der Waals surface area (Å²) >= 11 is 9.18. The van der Waals surface area contributed by atoms with Crippen LogP contribution >= 0.6 is 27.5 Å². The van der Waals surface area contributed by atoms with Gasteiger partial charge in [-0.15, -0.1) is 0 Å². The van der Waals surface area contributed by atoms with Crippen molar-refractivity contribution in [1.29, 1.82) is 0 Å². The normalized spacial score (nSPS) is 10.3. The van der Waals surface area contributed by atoms with Crippen LogP contribution in [0.5, 0.6) is 5.75 Å². The molecular formula is C12H10BrClN2O. The van der Waals surface area contributed by atoms with Crippen molar-refractivity contribution in [3.63, 3.8) is 0 Å². The SMILES string of the molecule is COc1cccc(Cc2ncc(Br)c(Cl)n2)c1. The van der Waals surface area contributed by atoms with Crippen LogP contribution < -0.4 is 4.74 Å². The summed E-state index contributed by atoms with van der Waals surface area (Å²) in [6, 6.07) is 7.80. The summed E-state index contributed by atoms with van der Waals surface area (Å²) in [5, 5.41) is 0.429. The van der Waals surface area contributed by atoms with E-state index in [9.17, 15) is 0 Å². The summed E-state index contributed by atoms with van der Waals surface area (Å²) in [5.74, 6) is 1.51. The van der Waals surface area contributed by atoms with Gasteiger partial charge in [-0.2, -0.15) is 0 Å². The largest absolute Gasteiger partial charge is 0.497 e. The Morgan fingerprint density at radius 3 is 2.94 bits per heavy atom. The second kappa shape index (κ2) is 5.47. The molecule has 88 valence electrons. The molecule has 0 spiro atoms. The lowest BCUT2D eigenvalue weighted by Crippen LogP contribution is -1.97. The molecule has 2 aromatic rings. The van der Waals surface area contributed by atoms with Crippen molar-refractivity contribution in [3.05, 3.63) is 51.5 Å². The van der Waals surface area contributed by atoms with Crippen molar-refractivity contribution in [2.24, 2.45) is 0 Å². The highest BCUT2D eigenvalue weighted by Gasteiger charge is 2.04. The van der Waals surface area contributed by atoms with E-state index in [0.29, 0.717) is 21.9 Å². The van der Waals surface area contributed by atoms with Crippen molar-refractivity contribution >= 4 is 27.5 Å². The number of methoxy groups -OCH3 is 1. The Morgan fingerprint density at radius 1 is 1.41 bits per heavy atom. The topological polar surface area (TPSA) is 35.0 Å². The summed E-state index contributed by atoms with van der Waals surface area (Å²) in [4.78, 5) is 8.40. The minimum Gasteiger partial charge on any atom is -0.497 e. The molecule has 0 aliphatic heterocycles.